The summed E-state index contributed by atoms with van der Waals surface area (Å²) in [7, 11) is 1.50. The second kappa shape index (κ2) is 9.21. The second-order valence-corrected chi connectivity index (χ2v) is 7.18. The number of rotatable bonds is 7. The maximum atomic E-state index is 12.8. The van der Waals surface area contributed by atoms with Gasteiger partial charge in [0.05, 0.1) is 25.2 Å². The predicted octanol–water partition coefficient (Wildman–Crippen LogP) is 3.72. The molecule has 1 aromatic carbocycles. The maximum Gasteiger partial charge on any atom is 0.316 e. The molecule has 2 N–H and O–H groups in total. The van der Waals surface area contributed by atoms with E-state index in [2.05, 4.69) is 35.8 Å². The number of pyridine rings is 1. The summed E-state index contributed by atoms with van der Waals surface area (Å²) in [5.74, 6) is 0.784. The van der Waals surface area contributed by atoms with Gasteiger partial charge in [-0.2, -0.15) is 0 Å². The molecule has 0 aliphatic heterocycles. The lowest BCUT2D eigenvalue weighted by atomic mass is 10.2. The fourth-order valence-electron chi connectivity index (χ4n) is 3.01. The first-order valence-corrected chi connectivity index (χ1v) is 9.95. The number of hydrogen-bond acceptors (Lipinski definition) is 8. The first-order valence-electron chi connectivity index (χ1n) is 9.95. The Morgan fingerprint density at radius 1 is 1.06 bits per heavy atom. The lowest BCUT2D eigenvalue weighted by Crippen LogP contribution is -2.13. The molecular formula is C22H22N8O2. The van der Waals surface area contributed by atoms with Crippen LogP contribution in [0.2, 0.25) is 0 Å². The normalized spacial score (nSPS) is 10.8. The Hall–Kier alpha value is -4.34. The van der Waals surface area contributed by atoms with Crippen LogP contribution in [0.5, 0.6) is 6.01 Å². The third kappa shape index (κ3) is 4.69. The first-order chi connectivity index (χ1) is 15.5. The van der Waals surface area contributed by atoms with E-state index in [1.54, 1.807) is 43.0 Å². The van der Waals surface area contributed by atoms with Crippen LogP contribution in [-0.4, -0.2) is 42.7 Å². The van der Waals surface area contributed by atoms with E-state index < -0.39 is 0 Å². The summed E-state index contributed by atoms with van der Waals surface area (Å²) in [5, 5.41) is 14.1. The Morgan fingerprint density at radius 2 is 1.84 bits per heavy atom. The van der Waals surface area contributed by atoms with Crippen LogP contribution in [-0.2, 0) is 0 Å². The van der Waals surface area contributed by atoms with Gasteiger partial charge in [0, 0.05) is 17.3 Å². The van der Waals surface area contributed by atoms with Gasteiger partial charge in [0.2, 0.25) is 0 Å². The van der Waals surface area contributed by atoms with Crippen LogP contribution in [0, 0.1) is 0 Å². The zero-order chi connectivity index (χ0) is 22.5. The van der Waals surface area contributed by atoms with Crippen molar-refractivity contribution >= 4 is 23.1 Å². The fraction of sp³-hybridized carbons (Fsp3) is 0.182. The van der Waals surface area contributed by atoms with Crippen molar-refractivity contribution in [3.05, 3.63) is 66.7 Å². The minimum atomic E-state index is -0.283. The van der Waals surface area contributed by atoms with Crippen LogP contribution >= 0.6 is 0 Å². The Balaban J connectivity index is 1.49. The number of nitrogens with one attached hydrogen (secondary N) is 2. The number of anilines is 3. The molecule has 0 saturated heterocycles. The minimum absolute atomic E-state index is 0.186. The van der Waals surface area contributed by atoms with Crippen LogP contribution < -0.4 is 15.4 Å². The zero-order valence-electron chi connectivity index (χ0n) is 17.9. The van der Waals surface area contributed by atoms with Crippen molar-refractivity contribution in [1.82, 2.24) is 29.7 Å². The van der Waals surface area contributed by atoms with Gasteiger partial charge in [-0.25, -0.2) is 15.0 Å². The molecule has 3 heterocycles. The van der Waals surface area contributed by atoms with Crippen molar-refractivity contribution in [3.8, 4) is 17.5 Å². The van der Waals surface area contributed by atoms with Gasteiger partial charge >= 0.3 is 6.01 Å². The van der Waals surface area contributed by atoms with Gasteiger partial charge in [0.15, 0.2) is 5.82 Å². The molecule has 10 nitrogen and oxygen atoms in total. The van der Waals surface area contributed by atoms with Gasteiger partial charge in [-0.3, -0.25) is 4.79 Å². The molecule has 0 spiro atoms. The summed E-state index contributed by atoms with van der Waals surface area (Å²) in [6, 6.07) is 12.9. The third-order valence-corrected chi connectivity index (χ3v) is 4.57. The van der Waals surface area contributed by atoms with Gasteiger partial charge in [-0.15, -0.1) is 10.2 Å². The van der Waals surface area contributed by atoms with E-state index in [1.807, 2.05) is 36.6 Å². The Kier molecular flexibility index (Phi) is 6.02. The van der Waals surface area contributed by atoms with Crippen molar-refractivity contribution in [2.24, 2.45) is 0 Å². The number of benzene rings is 1. The molecule has 4 aromatic rings. The average molecular weight is 430 g/mol. The van der Waals surface area contributed by atoms with Gasteiger partial charge in [-0.1, -0.05) is 12.1 Å². The molecule has 0 radical (unpaired) electrons. The summed E-state index contributed by atoms with van der Waals surface area (Å²) in [5.41, 5.74) is 2.50. The van der Waals surface area contributed by atoms with Crippen molar-refractivity contribution < 1.29 is 9.53 Å². The van der Waals surface area contributed by atoms with Crippen LogP contribution in [0.4, 0.5) is 17.2 Å². The fourth-order valence-corrected chi connectivity index (χ4v) is 3.01. The quantitative estimate of drug-likeness (QED) is 0.455. The largest absolute Gasteiger partial charge is 0.467 e. The van der Waals surface area contributed by atoms with Crippen LogP contribution in [0.25, 0.3) is 11.5 Å². The molecule has 0 saturated carbocycles. The lowest BCUT2D eigenvalue weighted by molar-refractivity contribution is 0.102. The van der Waals surface area contributed by atoms with E-state index in [0.29, 0.717) is 28.6 Å². The van der Waals surface area contributed by atoms with Crippen molar-refractivity contribution in [2.75, 3.05) is 17.7 Å². The Morgan fingerprint density at radius 3 is 2.59 bits per heavy atom. The van der Waals surface area contributed by atoms with Gasteiger partial charge in [0.25, 0.3) is 5.91 Å². The van der Waals surface area contributed by atoms with Gasteiger partial charge < -0.3 is 19.9 Å². The third-order valence-electron chi connectivity index (χ3n) is 4.57. The molecule has 32 heavy (non-hydrogen) atoms. The zero-order valence-corrected chi connectivity index (χ0v) is 17.9. The second-order valence-electron chi connectivity index (χ2n) is 7.18. The number of nitrogens with zero attached hydrogens (tertiary/aromatic N) is 6. The van der Waals surface area contributed by atoms with Gasteiger partial charge in [-0.05, 0) is 44.2 Å². The van der Waals surface area contributed by atoms with Crippen molar-refractivity contribution in [1.29, 1.82) is 0 Å². The lowest BCUT2D eigenvalue weighted by Gasteiger charge is -2.11. The standard InChI is InChI=1S/C22H22N8O2/c1-14(2)30-13-25-29-20(30)18-8-5-9-19(27-18)28-21(31)15-6-4-7-16(10-15)26-17-11-23-22(32-3)24-12-17/h4-14,26H,1-3H3,(H,27,28,31). The molecule has 3 aromatic heterocycles. The van der Waals surface area contributed by atoms with E-state index in [4.69, 9.17) is 4.74 Å². The van der Waals surface area contributed by atoms with Gasteiger partial charge in [0.1, 0.15) is 17.8 Å². The average Bonchev–Trinajstić information content (AvgIpc) is 3.30. The molecule has 1 amide bonds. The number of ether oxygens (including phenoxy) is 1. The number of aromatic nitrogens is 6. The summed E-state index contributed by atoms with van der Waals surface area (Å²) in [6.07, 6.45) is 4.87. The van der Waals surface area contributed by atoms with Crippen molar-refractivity contribution in [3.63, 3.8) is 0 Å². The molecule has 0 aliphatic carbocycles. The number of hydrogen-bond donors (Lipinski definition) is 2. The highest BCUT2D eigenvalue weighted by Crippen LogP contribution is 2.21. The summed E-state index contributed by atoms with van der Waals surface area (Å²) < 4.78 is 6.88. The highest BCUT2D eigenvalue weighted by molar-refractivity contribution is 6.04. The SMILES string of the molecule is COc1ncc(Nc2cccc(C(=O)Nc3cccc(-c4nncn4C(C)C)n3)c2)cn1. The summed E-state index contributed by atoms with van der Waals surface area (Å²) in [6.45, 7) is 4.08. The van der Waals surface area contributed by atoms with E-state index in [9.17, 15) is 4.79 Å². The Labute approximate surface area is 184 Å². The van der Waals surface area contributed by atoms with Crippen LogP contribution in [0.3, 0.4) is 0 Å². The monoisotopic (exact) mass is 430 g/mol. The van der Waals surface area contributed by atoms with E-state index in [1.165, 1.54) is 7.11 Å². The van der Waals surface area contributed by atoms with Crippen LogP contribution in [0.1, 0.15) is 30.2 Å². The van der Waals surface area contributed by atoms with Crippen LogP contribution in [0.15, 0.2) is 61.2 Å². The smallest absolute Gasteiger partial charge is 0.316 e. The Bertz CT molecular complexity index is 1220. The van der Waals surface area contributed by atoms with Crippen molar-refractivity contribution in [2.45, 2.75) is 19.9 Å². The molecule has 10 heteroatoms. The maximum absolute atomic E-state index is 12.8. The predicted molar refractivity (Wildman–Crippen MR) is 120 cm³/mol. The minimum Gasteiger partial charge on any atom is -0.467 e. The topological polar surface area (TPSA) is 120 Å². The molecule has 0 unspecified atom stereocenters. The molecule has 0 aliphatic rings. The highest BCUT2D eigenvalue weighted by Gasteiger charge is 2.13. The number of amides is 1. The molecule has 0 atom stereocenters. The molecule has 4 rings (SSSR count). The molecule has 162 valence electrons. The van der Waals surface area contributed by atoms with E-state index in [0.717, 1.165) is 5.69 Å². The molecular weight excluding hydrogens is 408 g/mol. The van der Waals surface area contributed by atoms with E-state index >= 15 is 0 Å². The number of carbonyl (C=O) groups is 1. The molecule has 0 bridgehead atoms. The summed E-state index contributed by atoms with van der Waals surface area (Å²) in [4.78, 5) is 25.5. The first kappa shape index (κ1) is 20.9. The summed E-state index contributed by atoms with van der Waals surface area (Å²) >= 11 is 0. The number of methoxy groups -OCH3 is 1. The number of carbonyl (C=O) groups excluding carboxylic acids is 1. The van der Waals surface area contributed by atoms with E-state index in [-0.39, 0.29) is 18.0 Å². The molecule has 0 fully saturated rings. The highest BCUT2D eigenvalue weighted by atomic mass is 16.5.